The Morgan fingerprint density at radius 2 is 1.84 bits per heavy atom. The highest BCUT2D eigenvalue weighted by molar-refractivity contribution is 9.10. The zero-order valence-corrected chi connectivity index (χ0v) is 13.0. The molecule has 0 spiro atoms. The molecule has 0 unspecified atom stereocenters. The minimum absolute atomic E-state index is 0.786. The first-order chi connectivity index (χ1) is 9.10. The molecule has 0 aromatic heterocycles. The summed E-state index contributed by atoms with van der Waals surface area (Å²) in [6.07, 6.45) is 0. The quantitative estimate of drug-likeness (QED) is 0.883. The number of rotatable bonds is 4. The number of aryl methyl sites for hydroxylation is 2. The normalized spacial score (nSPS) is 10.3. The lowest BCUT2D eigenvalue weighted by atomic mass is 10.1. The zero-order chi connectivity index (χ0) is 13.8. The minimum atomic E-state index is 0.786. The number of nitrogens with one attached hydrogen (secondary N) is 1. The fourth-order valence-electron chi connectivity index (χ4n) is 1.93. The van der Waals surface area contributed by atoms with Gasteiger partial charge in [0.2, 0.25) is 0 Å². The first kappa shape index (κ1) is 13.9. The topological polar surface area (TPSA) is 21.3 Å². The van der Waals surface area contributed by atoms with E-state index in [1.165, 1.54) is 16.7 Å². The lowest BCUT2D eigenvalue weighted by molar-refractivity contribution is 0.416. The number of hydrogen-bond acceptors (Lipinski definition) is 2. The van der Waals surface area contributed by atoms with Crippen molar-refractivity contribution in [3.8, 4) is 5.75 Å². The van der Waals surface area contributed by atoms with Gasteiger partial charge in [0.25, 0.3) is 0 Å². The molecule has 0 fully saturated rings. The molecule has 100 valence electrons. The number of ether oxygens (including phenoxy) is 1. The number of benzene rings is 2. The molecule has 0 aliphatic carbocycles. The van der Waals surface area contributed by atoms with Gasteiger partial charge in [-0.2, -0.15) is 0 Å². The maximum absolute atomic E-state index is 5.35. The zero-order valence-electron chi connectivity index (χ0n) is 11.5. The SMILES string of the molecule is COc1ccc(Br)cc1NCc1ccc(C)c(C)c1. The Hall–Kier alpha value is -1.48. The molecule has 0 amide bonds. The minimum Gasteiger partial charge on any atom is -0.495 e. The second-order valence-electron chi connectivity index (χ2n) is 4.62. The summed E-state index contributed by atoms with van der Waals surface area (Å²) in [5.74, 6) is 0.854. The van der Waals surface area contributed by atoms with E-state index in [9.17, 15) is 0 Å². The van der Waals surface area contributed by atoms with Gasteiger partial charge in [-0.15, -0.1) is 0 Å². The maximum Gasteiger partial charge on any atom is 0.142 e. The molecule has 3 heteroatoms. The second kappa shape index (κ2) is 6.11. The summed E-state index contributed by atoms with van der Waals surface area (Å²) < 4.78 is 6.39. The highest BCUT2D eigenvalue weighted by Crippen LogP contribution is 2.28. The Morgan fingerprint density at radius 3 is 2.53 bits per heavy atom. The van der Waals surface area contributed by atoms with E-state index >= 15 is 0 Å². The molecule has 2 aromatic rings. The van der Waals surface area contributed by atoms with Gasteiger partial charge in [-0.05, 0) is 48.7 Å². The molecule has 1 N–H and O–H groups in total. The fourth-order valence-corrected chi connectivity index (χ4v) is 2.29. The van der Waals surface area contributed by atoms with Gasteiger partial charge < -0.3 is 10.1 Å². The van der Waals surface area contributed by atoms with E-state index in [4.69, 9.17) is 4.74 Å². The van der Waals surface area contributed by atoms with Crippen molar-refractivity contribution in [3.63, 3.8) is 0 Å². The van der Waals surface area contributed by atoms with Crippen molar-refractivity contribution in [2.24, 2.45) is 0 Å². The van der Waals surface area contributed by atoms with E-state index in [1.807, 2.05) is 18.2 Å². The van der Waals surface area contributed by atoms with E-state index in [0.717, 1.165) is 22.5 Å². The second-order valence-corrected chi connectivity index (χ2v) is 5.53. The number of hydrogen-bond donors (Lipinski definition) is 1. The van der Waals surface area contributed by atoms with Crippen LogP contribution in [0.25, 0.3) is 0 Å². The molecule has 0 aliphatic rings. The summed E-state index contributed by atoms with van der Waals surface area (Å²) in [5, 5.41) is 3.41. The van der Waals surface area contributed by atoms with Crippen LogP contribution in [0.4, 0.5) is 5.69 Å². The van der Waals surface area contributed by atoms with Crippen molar-refractivity contribution >= 4 is 21.6 Å². The summed E-state index contributed by atoms with van der Waals surface area (Å²) in [7, 11) is 1.68. The molecule has 0 bridgehead atoms. The van der Waals surface area contributed by atoms with Gasteiger partial charge in [0.05, 0.1) is 12.8 Å². The largest absolute Gasteiger partial charge is 0.495 e. The van der Waals surface area contributed by atoms with Crippen LogP contribution in [0.15, 0.2) is 40.9 Å². The predicted octanol–water partition coefficient (Wildman–Crippen LogP) is 4.69. The van der Waals surface area contributed by atoms with E-state index in [0.29, 0.717) is 0 Å². The van der Waals surface area contributed by atoms with Crippen molar-refractivity contribution in [2.75, 3.05) is 12.4 Å². The highest BCUT2D eigenvalue weighted by atomic mass is 79.9. The van der Waals surface area contributed by atoms with Gasteiger partial charge in [0, 0.05) is 11.0 Å². The van der Waals surface area contributed by atoms with Gasteiger partial charge in [-0.25, -0.2) is 0 Å². The third-order valence-corrected chi connectivity index (χ3v) is 3.71. The first-order valence-corrected chi connectivity index (χ1v) is 7.03. The van der Waals surface area contributed by atoms with Crippen LogP contribution >= 0.6 is 15.9 Å². The molecule has 0 radical (unpaired) electrons. The Morgan fingerprint density at radius 1 is 1.05 bits per heavy atom. The molecule has 2 rings (SSSR count). The maximum atomic E-state index is 5.35. The van der Waals surface area contributed by atoms with Gasteiger partial charge >= 0.3 is 0 Å². The van der Waals surface area contributed by atoms with Gasteiger partial charge in [-0.1, -0.05) is 34.1 Å². The molecule has 0 heterocycles. The number of anilines is 1. The summed E-state index contributed by atoms with van der Waals surface area (Å²) in [6, 6.07) is 12.5. The van der Waals surface area contributed by atoms with Crippen LogP contribution in [0.3, 0.4) is 0 Å². The van der Waals surface area contributed by atoms with E-state index in [-0.39, 0.29) is 0 Å². The predicted molar refractivity (Wildman–Crippen MR) is 83.9 cm³/mol. The monoisotopic (exact) mass is 319 g/mol. The number of halogens is 1. The number of methoxy groups -OCH3 is 1. The van der Waals surface area contributed by atoms with E-state index in [1.54, 1.807) is 7.11 Å². The van der Waals surface area contributed by atoms with Crippen LogP contribution in [0, 0.1) is 13.8 Å². The standard InChI is InChI=1S/C16H18BrNO/c1-11-4-5-13(8-12(11)2)10-18-15-9-14(17)6-7-16(15)19-3/h4-9,18H,10H2,1-3H3. The van der Waals surface area contributed by atoms with Crippen molar-refractivity contribution in [2.45, 2.75) is 20.4 Å². The molecule has 2 aromatic carbocycles. The van der Waals surface area contributed by atoms with Gasteiger partial charge in [-0.3, -0.25) is 0 Å². The molecule has 0 atom stereocenters. The Balaban J connectivity index is 2.13. The molecular weight excluding hydrogens is 302 g/mol. The molecule has 2 nitrogen and oxygen atoms in total. The fraction of sp³-hybridized carbons (Fsp3) is 0.250. The van der Waals surface area contributed by atoms with Crippen LogP contribution < -0.4 is 10.1 Å². The van der Waals surface area contributed by atoms with Gasteiger partial charge in [0.1, 0.15) is 5.75 Å². The Labute approximate surface area is 122 Å². The van der Waals surface area contributed by atoms with E-state index in [2.05, 4.69) is 53.3 Å². The van der Waals surface area contributed by atoms with Crippen LogP contribution in [0.2, 0.25) is 0 Å². The van der Waals surface area contributed by atoms with Gasteiger partial charge in [0.15, 0.2) is 0 Å². The lowest BCUT2D eigenvalue weighted by Gasteiger charge is -2.12. The smallest absolute Gasteiger partial charge is 0.142 e. The average molecular weight is 320 g/mol. The average Bonchev–Trinajstić information content (AvgIpc) is 2.40. The van der Waals surface area contributed by atoms with Crippen LogP contribution in [0.1, 0.15) is 16.7 Å². The Kier molecular flexibility index (Phi) is 4.48. The highest BCUT2D eigenvalue weighted by Gasteiger charge is 2.03. The molecular formula is C16H18BrNO. The first-order valence-electron chi connectivity index (χ1n) is 6.23. The van der Waals surface area contributed by atoms with Crippen molar-refractivity contribution in [3.05, 3.63) is 57.6 Å². The van der Waals surface area contributed by atoms with Crippen molar-refractivity contribution in [1.29, 1.82) is 0 Å². The summed E-state index contributed by atoms with van der Waals surface area (Å²) in [4.78, 5) is 0. The summed E-state index contributed by atoms with van der Waals surface area (Å²) in [6.45, 7) is 5.05. The van der Waals surface area contributed by atoms with Crippen LogP contribution in [0.5, 0.6) is 5.75 Å². The van der Waals surface area contributed by atoms with Crippen molar-refractivity contribution in [1.82, 2.24) is 0 Å². The Bertz CT molecular complexity index is 581. The lowest BCUT2D eigenvalue weighted by Crippen LogP contribution is -2.02. The van der Waals surface area contributed by atoms with Crippen molar-refractivity contribution < 1.29 is 4.74 Å². The molecule has 19 heavy (non-hydrogen) atoms. The third kappa shape index (κ3) is 3.51. The summed E-state index contributed by atoms with van der Waals surface area (Å²) >= 11 is 3.48. The van der Waals surface area contributed by atoms with Crippen LogP contribution in [-0.2, 0) is 6.54 Å². The van der Waals surface area contributed by atoms with E-state index < -0.39 is 0 Å². The molecule has 0 saturated carbocycles. The molecule has 0 aliphatic heterocycles. The third-order valence-electron chi connectivity index (χ3n) is 3.22. The molecule has 0 saturated heterocycles. The summed E-state index contributed by atoms with van der Waals surface area (Å²) in [5.41, 5.74) is 4.91. The van der Waals surface area contributed by atoms with Crippen LogP contribution in [-0.4, -0.2) is 7.11 Å².